The van der Waals surface area contributed by atoms with Crippen molar-refractivity contribution in [2.75, 3.05) is 5.32 Å². The van der Waals surface area contributed by atoms with Crippen molar-refractivity contribution in [3.63, 3.8) is 0 Å². The van der Waals surface area contributed by atoms with Crippen LogP contribution in [-0.2, 0) is 12.2 Å². The standard InChI is InChI=1S/C21H17FN4OS3/c1-13-18(29-17(23-13)11-14-7-9-16(22)10-8-14)19(27)24-20-25-26-21(30-20)28-12-15-5-3-2-4-6-15/h2-10H,11-12H2,1H3,(H,24,25,27). The molecule has 5 nitrogen and oxygen atoms in total. The van der Waals surface area contributed by atoms with Gasteiger partial charge in [-0.25, -0.2) is 9.37 Å². The summed E-state index contributed by atoms with van der Waals surface area (Å²) in [5.41, 5.74) is 2.82. The lowest BCUT2D eigenvalue weighted by molar-refractivity contribution is 0.102. The van der Waals surface area contributed by atoms with Crippen LogP contribution in [0.3, 0.4) is 0 Å². The highest BCUT2D eigenvalue weighted by Gasteiger charge is 2.17. The molecule has 0 spiro atoms. The Balaban J connectivity index is 1.37. The van der Waals surface area contributed by atoms with E-state index in [1.165, 1.54) is 40.4 Å². The first-order chi connectivity index (χ1) is 14.6. The Hall–Kier alpha value is -2.62. The van der Waals surface area contributed by atoms with Crippen LogP contribution in [0.25, 0.3) is 0 Å². The Morgan fingerprint density at radius 3 is 2.57 bits per heavy atom. The monoisotopic (exact) mass is 456 g/mol. The second kappa shape index (κ2) is 9.46. The number of amides is 1. The number of carbonyl (C=O) groups is 1. The summed E-state index contributed by atoms with van der Waals surface area (Å²) in [6.45, 7) is 1.81. The molecule has 0 aliphatic heterocycles. The molecule has 0 bridgehead atoms. The van der Waals surface area contributed by atoms with Gasteiger partial charge in [0.25, 0.3) is 5.91 Å². The minimum atomic E-state index is -0.271. The predicted molar refractivity (Wildman–Crippen MR) is 120 cm³/mol. The van der Waals surface area contributed by atoms with E-state index in [4.69, 9.17) is 0 Å². The molecule has 0 aliphatic rings. The van der Waals surface area contributed by atoms with Crippen LogP contribution < -0.4 is 5.32 Å². The summed E-state index contributed by atoms with van der Waals surface area (Å²) in [5, 5.41) is 12.3. The van der Waals surface area contributed by atoms with Crippen LogP contribution in [0.15, 0.2) is 58.9 Å². The summed E-state index contributed by atoms with van der Waals surface area (Å²) in [6.07, 6.45) is 0.554. The first-order valence-electron chi connectivity index (χ1n) is 9.09. The fourth-order valence-electron chi connectivity index (χ4n) is 2.71. The van der Waals surface area contributed by atoms with Crippen molar-refractivity contribution in [3.8, 4) is 0 Å². The quantitative estimate of drug-likeness (QED) is 0.291. The summed E-state index contributed by atoms with van der Waals surface area (Å²) in [5.74, 6) is 0.281. The molecule has 2 heterocycles. The number of carbonyl (C=O) groups excluding carboxylic acids is 1. The average Bonchev–Trinajstić information content (AvgIpc) is 3.35. The van der Waals surface area contributed by atoms with Gasteiger partial charge in [-0.05, 0) is 30.2 Å². The molecule has 4 aromatic rings. The van der Waals surface area contributed by atoms with Crippen LogP contribution in [0.2, 0.25) is 0 Å². The minimum Gasteiger partial charge on any atom is -0.296 e. The van der Waals surface area contributed by atoms with Gasteiger partial charge in [0, 0.05) is 12.2 Å². The van der Waals surface area contributed by atoms with Crippen LogP contribution in [0.5, 0.6) is 0 Å². The molecular weight excluding hydrogens is 439 g/mol. The number of aryl methyl sites for hydroxylation is 1. The largest absolute Gasteiger partial charge is 0.296 e. The van der Waals surface area contributed by atoms with E-state index in [2.05, 4.69) is 32.6 Å². The van der Waals surface area contributed by atoms with E-state index in [9.17, 15) is 9.18 Å². The maximum absolute atomic E-state index is 13.1. The van der Waals surface area contributed by atoms with Crippen molar-refractivity contribution in [1.29, 1.82) is 0 Å². The van der Waals surface area contributed by atoms with Gasteiger partial charge in [-0.2, -0.15) is 0 Å². The number of hydrogen-bond donors (Lipinski definition) is 1. The third-order valence-electron chi connectivity index (χ3n) is 4.15. The Labute approximate surface area is 185 Å². The second-order valence-corrected chi connectivity index (χ2v) is 9.71. The molecule has 1 N–H and O–H groups in total. The van der Waals surface area contributed by atoms with Crippen molar-refractivity contribution >= 4 is 45.5 Å². The number of benzene rings is 2. The first-order valence-corrected chi connectivity index (χ1v) is 11.7. The molecule has 0 atom stereocenters. The maximum Gasteiger partial charge on any atom is 0.269 e. The van der Waals surface area contributed by atoms with Crippen molar-refractivity contribution in [2.24, 2.45) is 0 Å². The van der Waals surface area contributed by atoms with E-state index in [-0.39, 0.29) is 11.7 Å². The zero-order valence-corrected chi connectivity index (χ0v) is 18.4. The third kappa shape index (κ3) is 5.29. The van der Waals surface area contributed by atoms with Crippen LogP contribution in [-0.4, -0.2) is 21.1 Å². The normalized spacial score (nSPS) is 10.9. The summed E-state index contributed by atoms with van der Waals surface area (Å²) in [6, 6.07) is 16.4. The molecule has 2 aromatic carbocycles. The molecule has 0 unspecified atom stereocenters. The Bertz CT molecular complexity index is 1140. The number of rotatable bonds is 7. The van der Waals surface area contributed by atoms with E-state index in [1.807, 2.05) is 18.2 Å². The van der Waals surface area contributed by atoms with Crippen LogP contribution in [0.1, 0.15) is 31.5 Å². The lowest BCUT2D eigenvalue weighted by Gasteiger charge is -1.98. The third-order valence-corrected chi connectivity index (χ3v) is 7.35. The average molecular weight is 457 g/mol. The molecule has 30 heavy (non-hydrogen) atoms. The molecular formula is C21H17FN4OS3. The maximum atomic E-state index is 13.1. The zero-order valence-electron chi connectivity index (χ0n) is 16.0. The summed E-state index contributed by atoms with van der Waals surface area (Å²) in [4.78, 5) is 17.7. The number of thiazole rings is 1. The molecule has 9 heteroatoms. The van der Waals surface area contributed by atoms with Crippen molar-refractivity contribution in [2.45, 2.75) is 23.4 Å². The van der Waals surface area contributed by atoms with E-state index < -0.39 is 0 Å². The fraction of sp³-hybridized carbons (Fsp3) is 0.143. The SMILES string of the molecule is Cc1nc(Cc2ccc(F)cc2)sc1C(=O)Nc1nnc(SCc2ccccc2)s1. The molecule has 1 amide bonds. The van der Waals surface area contributed by atoms with Crippen molar-refractivity contribution < 1.29 is 9.18 Å². The zero-order chi connectivity index (χ0) is 20.9. The van der Waals surface area contributed by atoms with Gasteiger partial charge in [-0.1, -0.05) is 65.6 Å². The van der Waals surface area contributed by atoms with Gasteiger partial charge in [0.05, 0.1) is 10.7 Å². The Kier molecular flexibility index (Phi) is 6.51. The van der Waals surface area contributed by atoms with Crippen LogP contribution in [0, 0.1) is 12.7 Å². The summed E-state index contributed by atoms with van der Waals surface area (Å²) in [7, 11) is 0. The molecule has 0 fully saturated rings. The molecule has 0 saturated heterocycles. The molecule has 152 valence electrons. The van der Waals surface area contributed by atoms with Crippen LogP contribution >= 0.6 is 34.4 Å². The molecule has 0 radical (unpaired) electrons. The highest BCUT2D eigenvalue weighted by atomic mass is 32.2. The lowest BCUT2D eigenvalue weighted by Crippen LogP contribution is -2.11. The molecule has 2 aromatic heterocycles. The van der Waals surface area contributed by atoms with Gasteiger partial charge in [0.2, 0.25) is 5.13 Å². The number of hydrogen-bond acceptors (Lipinski definition) is 7. The first kappa shape index (κ1) is 20.6. The van der Waals surface area contributed by atoms with E-state index in [0.717, 1.165) is 20.7 Å². The van der Waals surface area contributed by atoms with Gasteiger partial charge >= 0.3 is 0 Å². The lowest BCUT2D eigenvalue weighted by atomic mass is 10.1. The highest BCUT2D eigenvalue weighted by Crippen LogP contribution is 2.29. The number of thioether (sulfide) groups is 1. The topological polar surface area (TPSA) is 67.8 Å². The Morgan fingerprint density at radius 2 is 1.80 bits per heavy atom. The minimum absolute atomic E-state index is 0.244. The fourth-order valence-corrected chi connectivity index (χ4v) is 5.40. The van der Waals surface area contributed by atoms with E-state index in [1.54, 1.807) is 30.8 Å². The number of halogens is 1. The number of nitrogens with zero attached hydrogens (tertiary/aromatic N) is 3. The number of anilines is 1. The molecule has 0 aliphatic carbocycles. The molecule has 0 saturated carbocycles. The van der Waals surface area contributed by atoms with Gasteiger partial charge in [0.15, 0.2) is 4.34 Å². The van der Waals surface area contributed by atoms with Crippen molar-refractivity contribution in [1.82, 2.24) is 15.2 Å². The van der Waals surface area contributed by atoms with Crippen LogP contribution in [0.4, 0.5) is 9.52 Å². The van der Waals surface area contributed by atoms with Gasteiger partial charge in [0.1, 0.15) is 10.7 Å². The summed E-state index contributed by atoms with van der Waals surface area (Å²) >= 11 is 4.27. The number of aromatic nitrogens is 3. The number of nitrogens with one attached hydrogen (secondary N) is 1. The smallest absolute Gasteiger partial charge is 0.269 e. The highest BCUT2D eigenvalue weighted by molar-refractivity contribution is 8.00. The van der Waals surface area contributed by atoms with Crippen molar-refractivity contribution in [3.05, 3.63) is 87.1 Å². The van der Waals surface area contributed by atoms with E-state index in [0.29, 0.717) is 22.1 Å². The summed E-state index contributed by atoms with van der Waals surface area (Å²) < 4.78 is 13.9. The Morgan fingerprint density at radius 1 is 1.03 bits per heavy atom. The van der Waals surface area contributed by atoms with Gasteiger partial charge in [-0.15, -0.1) is 21.5 Å². The second-order valence-electron chi connectivity index (χ2n) is 6.43. The van der Waals surface area contributed by atoms with Gasteiger partial charge in [-0.3, -0.25) is 10.1 Å². The van der Waals surface area contributed by atoms with Gasteiger partial charge < -0.3 is 0 Å². The predicted octanol–water partition coefficient (Wildman–Crippen LogP) is 5.58. The van der Waals surface area contributed by atoms with E-state index >= 15 is 0 Å². The molecule has 4 rings (SSSR count).